The number of nitrogens with zero attached hydrogens (tertiary/aromatic N) is 3. The first-order valence-corrected chi connectivity index (χ1v) is 6.97. The zero-order valence-electron chi connectivity index (χ0n) is 11.2. The Labute approximate surface area is 123 Å². The maximum atomic E-state index is 12.1. The molecule has 0 bridgehead atoms. The van der Waals surface area contributed by atoms with Crippen LogP contribution in [-0.4, -0.2) is 48.6 Å². The van der Waals surface area contributed by atoms with Crippen molar-refractivity contribution >= 4 is 23.3 Å². The van der Waals surface area contributed by atoms with E-state index in [9.17, 15) is 4.79 Å². The Balaban J connectivity index is 1.82. The van der Waals surface area contributed by atoms with E-state index in [0.29, 0.717) is 30.2 Å². The van der Waals surface area contributed by atoms with Crippen LogP contribution < -0.4 is 5.32 Å². The number of benzene rings is 1. The molecule has 1 heterocycles. The van der Waals surface area contributed by atoms with Crippen LogP contribution in [0.5, 0.6) is 0 Å². The van der Waals surface area contributed by atoms with Crippen molar-refractivity contribution in [2.45, 2.75) is 6.42 Å². The maximum absolute atomic E-state index is 12.1. The van der Waals surface area contributed by atoms with Gasteiger partial charge < -0.3 is 10.2 Å². The SMILES string of the molecule is N#CCCN1CCN(C(=O)Nc2cccc(Cl)c2)CC1. The van der Waals surface area contributed by atoms with Crippen LogP contribution in [0.25, 0.3) is 0 Å². The summed E-state index contributed by atoms with van der Waals surface area (Å²) in [7, 11) is 0. The number of carbonyl (C=O) groups is 1. The van der Waals surface area contributed by atoms with Crippen LogP contribution in [0.4, 0.5) is 10.5 Å². The molecule has 0 spiro atoms. The van der Waals surface area contributed by atoms with Gasteiger partial charge >= 0.3 is 6.03 Å². The Bertz CT molecular complexity index is 506. The van der Waals surface area contributed by atoms with Crippen molar-refractivity contribution < 1.29 is 4.79 Å². The van der Waals surface area contributed by atoms with Gasteiger partial charge in [0, 0.05) is 49.9 Å². The van der Waals surface area contributed by atoms with E-state index in [-0.39, 0.29) is 6.03 Å². The summed E-state index contributed by atoms with van der Waals surface area (Å²) in [5.41, 5.74) is 0.703. The minimum atomic E-state index is -0.104. The average Bonchev–Trinajstić information content (AvgIpc) is 2.45. The molecule has 0 unspecified atom stereocenters. The number of urea groups is 1. The predicted octanol–water partition coefficient (Wildman–Crippen LogP) is 2.40. The number of hydrogen-bond acceptors (Lipinski definition) is 3. The third-order valence-electron chi connectivity index (χ3n) is 3.28. The first kappa shape index (κ1) is 14.6. The maximum Gasteiger partial charge on any atom is 0.321 e. The largest absolute Gasteiger partial charge is 0.322 e. The summed E-state index contributed by atoms with van der Waals surface area (Å²) in [5.74, 6) is 0. The predicted molar refractivity (Wildman–Crippen MR) is 78.7 cm³/mol. The van der Waals surface area contributed by atoms with Crippen LogP contribution >= 0.6 is 11.6 Å². The van der Waals surface area contributed by atoms with Crippen molar-refractivity contribution in [3.8, 4) is 6.07 Å². The molecular weight excluding hydrogens is 276 g/mol. The van der Waals surface area contributed by atoms with Gasteiger partial charge in [0.1, 0.15) is 0 Å². The van der Waals surface area contributed by atoms with E-state index in [1.165, 1.54) is 0 Å². The summed E-state index contributed by atoms with van der Waals surface area (Å²) < 4.78 is 0. The van der Waals surface area contributed by atoms with E-state index >= 15 is 0 Å². The lowest BCUT2D eigenvalue weighted by atomic mass is 10.3. The molecule has 106 valence electrons. The van der Waals surface area contributed by atoms with Gasteiger partial charge in [0.25, 0.3) is 0 Å². The number of piperazine rings is 1. The van der Waals surface area contributed by atoms with E-state index in [1.54, 1.807) is 23.1 Å². The Kier molecular flexibility index (Phi) is 5.22. The van der Waals surface area contributed by atoms with Gasteiger partial charge in [0.15, 0.2) is 0 Å². The molecule has 0 atom stereocenters. The summed E-state index contributed by atoms with van der Waals surface area (Å²) in [4.78, 5) is 16.1. The van der Waals surface area contributed by atoms with Crippen molar-refractivity contribution in [2.75, 3.05) is 38.0 Å². The molecular formula is C14H17ClN4O. The van der Waals surface area contributed by atoms with Crippen LogP contribution in [0.1, 0.15) is 6.42 Å². The fourth-order valence-corrected chi connectivity index (χ4v) is 2.34. The van der Waals surface area contributed by atoms with Crippen LogP contribution in [0.2, 0.25) is 5.02 Å². The standard InChI is InChI=1S/C14H17ClN4O/c15-12-3-1-4-13(11-12)17-14(20)19-9-7-18(8-10-19)6-2-5-16/h1,3-4,11H,2,6-10H2,(H,17,20). The van der Waals surface area contributed by atoms with E-state index in [1.807, 2.05) is 6.07 Å². The summed E-state index contributed by atoms with van der Waals surface area (Å²) >= 11 is 5.88. The highest BCUT2D eigenvalue weighted by molar-refractivity contribution is 6.30. The summed E-state index contributed by atoms with van der Waals surface area (Å²) in [5, 5.41) is 12.0. The number of anilines is 1. The number of nitriles is 1. The Hall–Kier alpha value is -1.77. The minimum absolute atomic E-state index is 0.104. The van der Waals surface area contributed by atoms with Crippen molar-refractivity contribution in [2.24, 2.45) is 0 Å². The zero-order chi connectivity index (χ0) is 14.4. The molecule has 1 aromatic rings. The first-order chi connectivity index (χ1) is 9.69. The minimum Gasteiger partial charge on any atom is -0.322 e. The molecule has 1 fully saturated rings. The molecule has 1 aliphatic heterocycles. The molecule has 2 rings (SSSR count). The van der Waals surface area contributed by atoms with E-state index in [2.05, 4.69) is 16.3 Å². The van der Waals surface area contributed by atoms with Crippen LogP contribution in [0.3, 0.4) is 0 Å². The van der Waals surface area contributed by atoms with Crippen molar-refractivity contribution in [1.82, 2.24) is 9.80 Å². The molecule has 0 saturated carbocycles. The monoisotopic (exact) mass is 292 g/mol. The van der Waals surface area contributed by atoms with Gasteiger partial charge in [-0.1, -0.05) is 17.7 Å². The second-order valence-electron chi connectivity index (χ2n) is 4.68. The van der Waals surface area contributed by atoms with Crippen molar-refractivity contribution in [3.05, 3.63) is 29.3 Å². The Morgan fingerprint density at radius 1 is 1.35 bits per heavy atom. The molecule has 0 radical (unpaired) electrons. The lowest BCUT2D eigenvalue weighted by molar-refractivity contribution is 0.149. The van der Waals surface area contributed by atoms with Gasteiger partial charge in [-0.2, -0.15) is 5.26 Å². The molecule has 1 aliphatic rings. The normalized spacial score (nSPS) is 15.7. The highest BCUT2D eigenvalue weighted by atomic mass is 35.5. The highest BCUT2D eigenvalue weighted by Crippen LogP contribution is 2.15. The third kappa shape index (κ3) is 4.12. The fraction of sp³-hybridized carbons (Fsp3) is 0.429. The van der Waals surface area contributed by atoms with Crippen molar-refractivity contribution in [3.63, 3.8) is 0 Å². The smallest absolute Gasteiger partial charge is 0.321 e. The molecule has 5 nitrogen and oxygen atoms in total. The number of halogens is 1. The average molecular weight is 293 g/mol. The fourth-order valence-electron chi connectivity index (χ4n) is 2.15. The summed E-state index contributed by atoms with van der Waals surface area (Å²) in [6.45, 7) is 3.76. The van der Waals surface area contributed by atoms with Crippen LogP contribution in [0, 0.1) is 11.3 Å². The summed E-state index contributed by atoms with van der Waals surface area (Å²) in [6.07, 6.45) is 0.536. The second kappa shape index (κ2) is 7.13. The van der Waals surface area contributed by atoms with E-state index in [0.717, 1.165) is 19.6 Å². The van der Waals surface area contributed by atoms with Gasteiger partial charge in [-0.05, 0) is 18.2 Å². The topological polar surface area (TPSA) is 59.4 Å². The van der Waals surface area contributed by atoms with Gasteiger partial charge in [-0.3, -0.25) is 4.90 Å². The number of amides is 2. The number of hydrogen-bond donors (Lipinski definition) is 1. The molecule has 0 aromatic heterocycles. The molecule has 1 saturated heterocycles. The van der Waals surface area contributed by atoms with Gasteiger partial charge in [0.2, 0.25) is 0 Å². The molecule has 20 heavy (non-hydrogen) atoms. The number of carbonyl (C=O) groups excluding carboxylic acids is 1. The second-order valence-corrected chi connectivity index (χ2v) is 5.11. The van der Waals surface area contributed by atoms with Gasteiger partial charge in [-0.25, -0.2) is 4.79 Å². The molecule has 1 aromatic carbocycles. The lowest BCUT2D eigenvalue weighted by Gasteiger charge is -2.34. The zero-order valence-corrected chi connectivity index (χ0v) is 11.9. The first-order valence-electron chi connectivity index (χ1n) is 6.60. The van der Waals surface area contributed by atoms with E-state index < -0.39 is 0 Å². The summed E-state index contributed by atoms with van der Waals surface area (Å²) in [6, 6.07) is 9.15. The van der Waals surface area contributed by atoms with E-state index in [4.69, 9.17) is 16.9 Å². The quantitative estimate of drug-likeness (QED) is 0.930. The molecule has 0 aliphatic carbocycles. The van der Waals surface area contributed by atoms with Crippen LogP contribution in [0.15, 0.2) is 24.3 Å². The van der Waals surface area contributed by atoms with Gasteiger partial charge in [-0.15, -0.1) is 0 Å². The van der Waals surface area contributed by atoms with Gasteiger partial charge in [0.05, 0.1) is 6.07 Å². The number of rotatable bonds is 3. The highest BCUT2D eigenvalue weighted by Gasteiger charge is 2.20. The van der Waals surface area contributed by atoms with Crippen LogP contribution in [-0.2, 0) is 0 Å². The number of nitrogens with one attached hydrogen (secondary N) is 1. The Morgan fingerprint density at radius 3 is 2.75 bits per heavy atom. The van der Waals surface area contributed by atoms with Crippen molar-refractivity contribution in [1.29, 1.82) is 5.26 Å². The molecule has 1 N–H and O–H groups in total. The Morgan fingerprint density at radius 2 is 2.10 bits per heavy atom. The molecule has 6 heteroatoms. The lowest BCUT2D eigenvalue weighted by Crippen LogP contribution is -2.50. The molecule has 2 amide bonds. The third-order valence-corrected chi connectivity index (χ3v) is 3.51.